The number of methoxy groups -OCH3 is 1. The van der Waals surface area contributed by atoms with Gasteiger partial charge in [0.25, 0.3) is 0 Å². The minimum absolute atomic E-state index is 0.0190. The largest absolute Gasteiger partial charge is 0.496 e. The highest BCUT2D eigenvalue weighted by atomic mass is 19.4. The minimum atomic E-state index is -5.08. The molecule has 1 aliphatic rings. The van der Waals surface area contributed by atoms with Crippen molar-refractivity contribution in [1.29, 1.82) is 0 Å². The zero-order valence-corrected chi connectivity index (χ0v) is 23.8. The molecule has 1 fully saturated rings. The highest BCUT2D eigenvalue weighted by molar-refractivity contribution is 6.03. The molecule has 0 bridgehead atoms. The van der Waals surface area contributed by atoms with Crippen molar-refractivity contribution in [3.63, 3.8) is 0 Å². The van der Waals surface area contributed by atoms with Crippen LogP contribution in [0.2, 0.25) is 0 Å². The Morgan fingerprint density at radius 1 is 1.00 bits per heavy atom. The number of rotatable bonds is 7. The predicted octanol–water partition coefficient (Wildman–Crippen LogP) is 5.67. The highest BCUT2D eigenvalue weighted by Crippen LogP contribution is 2.42. The molecule has 1 saturated heterocycles. The lowest BCUT2D eigenvalue weighted by atomic mass is 9.81. The average Bonchev–Trinajstić information content (AvgIpc) is 3.35. The van der Waals surface area contributed by atoms with Crippen molar-refractivity contribution in [2.24, 2.45) is 0 Å². The zero-order valence-electron chi connectivity index (χ0n) is 23.8. The predicted molar refractivity (Wildman–Crippen MR) is 148 cm³/mol. The monoisotopic (exact) mass is 611 g/mol. The van der Waals surface area contributed by atoms with Crippen LogP contribution in [0.3, 0.4) is 0 Å². The van der Waals surface area contributed by atoms with Gasteiger partial charge < -0.3 is 24.7 Å². The molecule has 2 unspecified atom stereocenters. The van der Waals surface area contributed by atoms with E-state index in [2.05, 4.69) is 4.98 Å². The maximum atomic E-state index is 13.9. The fraction of sp³-hybridized carbons (Fsp3) is 0.400. The molecule has 2 N–H and O–H groups in total. The average molecular weight is 612 g/mol. The van der Waals surface area contributed by atoms with Gasteiger partial charge in [0, 0.05) is 24.7 Å². The molecule has 2 atom stereocenters. The number of para-hydroxylation sites is 1. The van der Waals surface area contributed by atoms with Crippen LogP contribution in [0, 0.1) is 0 Å². The number of anilines is 2. The third-order valence-electron chi connectivity index (χ3n) is 7.67. The van der Waals surface area contributed by atoms with Crippen molar-refractivity contribution in [1.82, 2.24) is 4.98 Å². The Balaban J connectivity index is 1.84. The van der Waals surface area contributed by atoms with Gasteiger partial charge in [0.2, 0.25) is 5.91 Å². The fourth-order valence-corrected chi connectivity index (χ4v) is 5.26. The number of carbonyl (C=O) groups excluding carboxylic acids is 1. The number of aromatic nitrogens is 1. The number of likely N-dealkylation sites (N-methyl/N-ethyl adjacent to an activating group) is 1. The molecular weight excluding hydrogens is 580 g/mol. The Bertz CT molecular complexity index is 1460. The molecule has 2 aromatic carbocycles. The summed E-state index contributed by atoms with van der Waals surface area (Å²) in [5.74, 6) is 0.0115. The fourth-order valence-electron chi connectivity index (χ4n) is 5.26. The number of carbonyl (C=O) groups is 1. The van der Waals surface area contributed by atoms with Crippen LogP contribution in [0.15, 0.2) is 54.7 Å². The molecule has 0 aliphatic carbocycles. The van der Waals surface area contributed by atoms with Crippen LogP contribution < -0.4 is 14.5 Å². The van der Waals surface area contributed by atoms with E-state index in [1.807, 2.05) is 0 Å². The lowest BCUT2D eigenvalue weighted by Crippen LogP contribution is -2.42. The molecule has 0 radical (unpaired) electrons. The Morgan fingerprint density at radius 3 is 2.14 bits per heavy atom. The molecule has 0 spiro atoms. The summed E-state index contributed by atoms with van der Waals surface area (Å²) in [5.41, 5.74) is -4.19. The summed E-state index contributed by atoms with van der Waals surface area (Å²) in [7, 11) is 2.80. The SMILES string of the molecule is COc1ccccc1-c1cc(N2CC(O)CC2CO)ncc1N(C)C(=O)C(C)(C)c1cc(C(F)(F)F)cc(C(F)(F)F)c1. The van der Waals surface area contributed by atoms with Crippen molar-refractivity contribution in [3.8, 4) is 16.9 Å². The van der Waals surface area contributed by atoms with Crippen LogP contribution >= 0.6 is 0 Å². The number of halogens is 6. The van der Waals surface area contributed by atoms with E-state index in [4.69, 9.17) is 4.74 Å². The maximum absolute atomic E-state index is 13.9. The van der Waals surface area contributed by atoms with Crippen LogP contribution in [0.5, 0.6) is 5.75 Å². The van der Waals surface area contributed by atoms with Gasteiger partial charge in [-0.1, -0.05) is 18.2 Å². The van der Waals surface area contributed by atoms with E-state index in [1.54, 1.807) is 35.2 Å². The van der Waals surface area contributed by atoms with Crippen molar-refractivity contribution >= 4 is 17.4 Å². The number of β-amino-alcohol motifs (C(OH)–C–C–N with tert-alkyl or cyclic N) is 1. The summed E-state index contributed by atoms with van der Waals surface area (Å²) >= 11 is 0. The number of alkyl halides is 6. The van der Waals surface area contributed by atoms with E-state index in [0.29, 0.717) is 41.2 Å². The van der Waals surface area contributed by atoms with Gasteiger partial charge in [0.1, 0.15) is 11.6 Å². The molecule has 7 nitrogen and oxygen atoms in total. The Kier molecular flexibility index (Phi) is 8.72. The maximum Gasteiger partial charge on any atom is 0.416 e. The Morgan fingerprint density at radius 2 is 1.58 bits per heavy atom. The lowest BCUT2D eigenvalue weighted by molar-refractivity contribution is -0.143. The highest BCUT2D eigenvalue weighted by Gasteiger charge is 2.41. The van der Waals surface area contributed by atoms with E-state index in [-0.39, 0.29) is 24.9 Å². The zero-order chi connectivity index (χ0) is 31.9. The second kappa shape index (κ2) is 11.7. The van der Waals surface area contributed by atoms with E-state index in [9.17, 15) is 41.4 Å². The van der Waals surface area contributed by atoms with Crippen LogP contribution in [-0.2, 0) is 22.6 Å². The van der Waals surface area contributed by atoms with E-state index >= 15 is 0 Å². The number of nitrogens with zero attached hydrogens (tertiary/aromatic N) is 3. The first-order chi connectivity index (χ1) is 20.0. The number of benzene rings is 2. The molecule has 0 saturated carbocycles. The number of ether oxygens (including phenoxy) is 1. The summed E-state index contributed by atoms with van der Waals surface area (Å²) in [4.78, 5) is 21.2. The molecular formula is C30H31F6N3O4. The number of amides is 1. The summed E-state index contributed by atoms with van der Waals surface area (Å²) in [6, 6.07) is 9.20. The number of hydrogen-bond acceptors (Lipinski definition) is 6. The van der Waals surface area contributed by atoms with E-state index in [0.717, 1.165) is 4.90 Å². The molecule has 1 amide bonds. The quantitative estimate of drug-likeness (QED) is 0.335. The summed E-state index contributed by atoms with van der Waals surface area (Å²) < 4.78 is 87.0. The Hall–Kier alpha value is -3.84. The molecule has 1 aromatic heterocycles. The number of aliphatic hydroxyl groups excluding tert-OH is 2. The summed E-state index contributed by atoms with van der Waals surface area (Å²) in [5, 5.41) is 20.0. The van der Waals surface area contributed by atoms with Gasteiger partial charge in [-0.3, -0.25) is 4.79 Å². The molecule has 1 aliphatic heterocycles. The molecule has 43 heavy (non-hydrogen) atoms. The third kappa shape index (κ3) is 6.42. The first kappa shape index (κ1) is 32.1. The smallest absolute Gasteiger partial charge is 0.416 e. The number of pyridine rings is 1. The topological polar surface area (TPSA) is 86.1 Å². The van der Waals surface area contributed by atoms with Gasteiger partial charge >= 0.3 is 12.4 Å². The van der Waals surface area contributed by atoms with Gasteiger partial charge in [-0.15, -0.1) is 0 Å². The molecule has 3 aromatic rings. The first-order valence-corrected chi connectivity index (χ1v) is 13.3. The standard InChI is InChI=1S/C30H31F6N3O4/c1-28(2,17-9-18(29(31,32)33)11-19(10-17)30(34,35)36)27(42)38(3)24-14-37-26(39-15-21(41)12-20(39)16-40)13-23(24)22-7-5-6-8-25(22)43-4/h5-11,13-14,20-21,40-41H,12,15-16H2,1-4H3. The van der Waals surface area contributed by atoms with Gasteiger partial charge in [-0.05, 0) is 56.2 Å². The molecule has 13 heteroatoms. The second-order valence-corrected chi connectivity index (χ2v) is 10.9. The van der Waals surface area contributed by atoms with Gasteiger partial charge in [-0.25, -0.2) is 4.98 Å². The van der Waals surface area contributed by atoms with Crippen molar-refractivity contribution < 1.29 is 46.1 Å². The lowest BCUT2D eigenvalue weighted by Gasteiger charge is -2.32. The second-order valence-electron chi connectivity index (χ2n) is 10.9. The molecule has 232 valence electrons. The number of hydrogen-bond donors (Lipinski definition) is 2. The van der Waals surface area contributed by atoms with Crippen LogP contribution in [0.1, 0.15) is 37.0 Å². The summed E-state index contributed by atoms with van der Waals surface area (Å²) in [6.07, 6.45) is -9.18. The normalized spacial score (nSPS) is 17.7. The van der Waals surface area contributed by atoms with Gasteiger partial charge in [-0.2, -0.15) is 26.3 Å². The van der Waals surface area contributed by atoms with Crippen molar-refractivity contribution in [3.05, 3.63) is 71.4 Å². The first-order valence-electron chi connectivity index (χ1n) is 13.3. The third-order valence-corrected chi connectivity index (χ3v) is 7.67. The van der Waals surface area contributed by atoms with Crippen molar-refractivity contribution in [2.45, 2.75) is 50.2 Å². The molecule has 2 heterocycles. The van der Waals surface area contributed by atoms with E-state index in [1.165, 1.54) is 34.2 Å². The molecule has 4 rings (SSSR count). The van der Waals surface area contributed by atoms with Crippen LogP contribution in [-0.4, -0.2) is 60.6 Å². The van der Waals surface area contributed by atoms with Crippen molar-refractivity contribution in [2.75, 3.05) is 37.1 Å². The van der Waals surface area contributed by atoms with Crippen LogP contribution in [0.4, 0.5) is 37.8 Å². The number of aliphatic hydroxyl groups is 2. The minimum Gasteiger partial charge on any atom is -0.496 e. The van der Waals surface area contributed by atoms with Crippen LogP contribution in [0.25, 0.3) is 11.1 Å². The Labute approximate surface area is 244 Å². The van der Waals surface area contributed by atoms with Gasteiger partial charge in [0.15, 0.2) is 0 Å². The van der Waals surface area contributed by atoms with E-state index < -0.39 is 52.5 Å². The van der Waals surface area contributed by atoms with Gasteiger partial charge in [0.05, 0.1) is 54.3 Å². The summed E-state index contributed by atoms with van der Waals surface area (Å²) in [6.45, 7) is 2.46.